The third-order valence-electron chi connectivity index (χ3n) is 2.65. The van der Waals surface area contributed by atoms with E-state index in [9.17, 15) is 4.79 Å². The second-order valence-electron chi connectivity index (χ2n) is 3.99. The highest BCUT2D eigenvalue weighted by atomic mass is 35.5. The van der Waals surface area contributed by atoms with Gasteiger partial charge in [-0.3, -0.25) is 9.36 Å². The van der Waals surface area contributed by atoms with Crippen molar-refractivity contribution in [1.82, 2.24) is 9.55 Å². The van der Waals surface area contributed by atoms with E-state index in [0.717, 1.165) is 11.3 Å². The van der Waals surface area contributed by atoms with Crippen LogP contribution in [0.1, 0.15) is 16.1 Å². The maximum Gasteiger partial charge on any atom is 0.236 e. The van der Waals surface area contributed by atoms with Gasteiger partial charge in [0.15, 0.2) is 0 Å². The van der Waals surface area contributed by atoms with Crippen molar-refractivity contribution in [2.75, 3.05) is 6.54 Å². The van der Waals surface area contributed by atoms with Crippen LogP contribution in [0.15, 0.2) is 36.8 Å². The molecular weight excluding hydrogens is 250 g/mol. The second-order valence-corrected chi connectivity index (χ2v) is 4.43. The summed E-state index contributed by atoms with van der Waals surface area (Å²) < 4.78 is 1.56. The zero-order chi connectivity index (χ0) is 13.0. The Kier molecular flexibility index (Phi) is 4.12. The molecule has 2 rings (SSSR count). The van der Waals surface area contributed by atoms with Gasteiger partial charge in [-0.25, -0.2) is 4.98 Å². The predicted octanol–water partition coefficient (Wildman–Crippen LogP) is 1.92. The maximum atomic E-state index is 12.1. The normalized spacial score (nSPS) is 10.6. The fourth-order valence-electron chi connectivity index (χ4n) is 1.74. The highest BCUT2D eigenvalue weighted by Crippen LogP contribution is 2.11. The molecule has 0 radical (unpaired) electrons. The average Bonchev–Trinajstić information content (AvgIpc) is 2.81. The summed E-state index contributed by atoms with van der Waals surface area (Å²) in [5, 5.41) is 0.664. The van der Waals surface area contributed by atoms with Gasteiger partial charge < -0.3 is 5.73 Å². The molecule has 0 aliphatic rings. The van der Waals surface area contributed by atoms with Gasteiger partial charge in [-0.1, -0.05) is 23.7 Å². The largest absolute Gasteiger partial charge is 0.330 e. The molecule has 94 valence electrons. The monoisotopic (exact) mass is 263 g/mol. The van der Waals surface area contributed by atoms with Gasteiger partial charge in [-0.15, -0.1) is 0 Å². The Balaban J connectivity index is 2.11. The molecule has 0 aliphatic carbocycles. The summed E-state index contributed by atoms with van der Waals surface area (Å²) >= 11 is 5.80. The highest BCUT2D eigenvalue weighted by Gasteiger charge is 2.10. The van der Waals surface area contributed by atoms with Crippen LogP contribution in [0.5, 0.6) is 0 Å². The first-order chi connectivity index (χ1) is 8.70. The van der Waals surface area contributed by atoms with Crippen LogP contribution < -0.4 is 5.73 Å². The van der Waals surface area contributed by atoms with Gasteiger partial charge in [0.2, 0.25) is 5.91 Å². The Labute approximate surface area is 110 Å². The Hall–Kier alpha value is -1.65. The van der Waals surface area contributed by atoms with Gasteiger partial charge in [0.1, 0.15) is 6.33 Å². The Morgan fingerprint density at radius 1 is 1.33 bits per heavy atom. The van der Waals surface area contributed by atoms with Crippen LogP contribution in [-0.2, 0) is 12.8 Å². The molecule has 0 aliphatic heterocycles. The van der Waals surface area contributed by atoms with E-state index in [2.05, 4.69) is 4.98 Å². The fourth-order valence-corrected chi connectivity index (χ4v) is 1.87. The van der Waals surface area contributed by atoms with Crippen molar-refractivity contribution in [3.05, 3.63) is 53.1 Å². The summed E-state index contributed by atoms with van der Waals surface area (Å²) in [5.74, 6) is -0.0155. The lowest BCUT2D eigenvalue weighted by Crippen LogP contribution is -2.17. The Bertz CT molecular complexity index is 533. The number of hydrogen-bond donors (Lipinski definition) is 1. The first-order valence-electron chi connectivity index (χ1n) is 5.69. The molecular formula is C13H14ClN3O. The molecule has 0 amide bonds. The van der Waals surface area contributed by atoms with E-state index in [0.29, 0.717) is 24.4 Å². The third kappa shape index (κ3) is 2.97. The molecule has 0 saturated heterocycles. The van der Waals surface area contributed by atoms with E-state index in [4.69, 9.17) is 17.3 Å². The molecule has 4 nitrogen and oxygen atoms in total. The summed E-state index contributed by atoms with van der Waals surface area (Å²) in [6, 6.07) is 7.25. The number of aromatic nitrogens is 2. The van der Waals surface area contributed by atoms with Crippen LogP contribution in [0.25, 0.3) is 0 Å². The van der Waals surface area contributed by atoms with Crippen molar-refractivity contribution in [2.45, 2.75) is 12.8 Å². The van der Waals surface area contributed by atoms with Crippen LogP contribution >= 0.6 is 11.6 Å². The number of carbonyl (C=O) groups is 1. The molecule has 5 heteroatoms. The smallest absolute Gasteiger partial charge is 0.236 e. The average molecular weight is 264 g/mol. The molecule has 2 N–H and O–H groups in total. The summed E-state index contributed by atoms with van der Waals surface area (Å²) in [7, 11) is 0. The van der Waals surface area contributed by atoms with Crippen LogP contribution in [0.2, 0.25) is 5.02 Å². The SMILES string of the molecule is NCCc1cncn1C(=O)Cc1ccc(Cl)cc1. The van der Waals surface area contributed by atoms with Crippen molar-refractivity contribution in [3.63, 3.8) is 0 Å². The Morgan fingerprint density at radius 2 is 2.06 bits per heavy atom. The lowest BCUT2D eigenvalue weighted by molar-refractivity contribution is 0.0911. The number of rotatable bonds is 4. The van der Waals surface area contributed by atoms with E-state index in [-0.39, 0.29) is 5.91 Å². The van der Waals surface area contributed by atoms with Crippen molar-refractivity contribution in [2.24, 2.45) is 5.73 Å². The van der Waals surface area contributed by atoms with E-state index in [1.54, 1.807) is 22.9 Å². The summed E-state index contributed by atoms with van der Waals surface area (Å²) in [6.45, 7) is 0.500. The van der Waals surface area contributed by atoms with Gasteiger partial charge in [-0.05, 0) is 24.2 Å². The molecule has 0 spiro atoms. The van der Waals surface area contributed by atoms with Gasteiger partial charge in [0, 0.05) is 23.3 Å². The molecule has 1 aromatic carbocycles. The highest BCUT2D eigenvalue weighted by molar-refractivity contribution is 6.30. The summed E-state index contributed by atoms with van der Waals surface area (Å²) in [6.07, 6.45) is 4.17. The minimum Gasteiger partial charge on any atom is -0.330 e. The number of benzene rings is 1. The summed E-state index contributed by atoms with van der Waals surface area (Å²) in [4.78, 5) is 16.1. The molecule has 1 aromatic heterocycles. The zero-order valence-corrected chi connectivity index (χ0v) is 10.6. The number of nitrogens with two attached hydrogens (primary N) is 1. The molecule has 0 unspecified atom stereocenters. The predicted molar refractivity (Wildman–Crippen MR) is 70.8 cm³/mol. The lowest BCUT2D eigenvalue weighted by atomic mass is 10.1. The van der Waals surface area contributed by atoms with Crippen molar-refractivity contribution < 1.29 is 4.79 Å². The molecule has 0 saturated carbocycles. The van der Waals surface area contributed by atoms with Crippen LogP contribution in [0, 0.1) is 0 Å². The summed E-state index contributed by atoms with van der Waals surface area (Å²) in [5.41, 5.74) is 7.26. The molecule has 0 fully saturated rings. The standard InChI is InChI=1S/C13H14ClN3O/c14-11-3-1-10(2-4-11)7-13(18)17-9-16-8-12(17)5-6-15/h1-4,8-9H,5-7,15H2. The van der Waals surface area contributed by atoms with E-state index < -0.39 is 0 Å². The van der Waals surface area contributed by atoms with Gasteiger partial charge in [0.25, 0.3) is 0 Å². The number of halogens is 1. The second kappa shape index (κ2) is 5.80. The van der Waals surface area contributed by atoms with Gasteiger partial charge in [0.05, 0.1) is 6.42 Å². The molecule has 18 heavy (non-hydrogen) atoms. The van der Waals surface area contributed by atoms with Crippen LogP contribution in [0.3, 0.4) is 0 Å². The molecule has 1 heterocycles. The first kappa shape index (κ1) is 12.8. The van der Waals surface area contributed by atoms with E-state index in [1.807, 2.05) is 12.1 Å². The Morgan fingerprint density at radius 3 is 2.72 bits per heavy atom. The molecule has 0 atom stereocenters. The van der Waals surface area contributed by atoms with Crippen molar-refractivity contribution in [3.8, 4) is 0 Å². The topological polar surface area (TPSA) is 60.9 Å². The lowest BCUT2D eigenvalue weighted by Gasteiger charge is -2.06. The number of hydrogen-bond acceptors (Lipinski definition) is 3. The van der Waals surface area contributed by atoms with Gasteiger partial charge in [-0.2, -0.15) is 0 Å². The van der Waals surface area contributed by atoms with E-state index >= 15 is 0 Å². The number of imidazole rings is 1. The van der Waals surface area contributed by atoms with Crippen molar-refractivity contribution >= 4 is 17.5 Å². The van der Waals surface area contributed by atoms with E-state index in [1.165, 1.54) is 6.33 Å². The first-order valence-corrected chi connectivity index (χ1v) is 6.07. The fraction of sp³-hybridized carbons (Fsp3) is 0.231. The maximum absolute atomic E-state index is 12.1. The minimum atomic E-state index is -0.0155. The quantitative estimate of drug-likeness (QED) is 0.917. The zero-order valence-electron chi connectivity index (χ0n) is 9.84. The molecule has 2 aromatic rings. The molecule has 0 bridgehead atoms. The third-order valence-corrected chi connectivity index (χ3v) is 2.90. The van der Waals surface area contributed by atoms with Crippen molar-refractivity contribution in [1.29, 1.82) is 0 Å². The van der Waals surface area contributed by atoms with Crippen LogP contribution in [-0.4, -0.2) is 22.0 Å². The van der Waals surface area contributed by atoms with Crippen LogP contribution in [0.4, 0.5) is 0 Å². The minimum absolute atomic E-state index is 0.0155. The number of nitrogens with zero attached hydrogens (tertiary/aromatic N) is 2. The van der Waals surface area contributed by atoms with Gasteiger partial charge >= 0.3 is 0 Å². The number of carbonyl (C=O) groups excluding carboxylic acids is 1.